The molecule has 0 saturated carbocycles. The number of fused-ring (bicyclic) bond motifs is 2. The maximum atomic E-state index is 14.8. The quantitative estimate of drug-likeness (QED) is 0.312. The zero-order chi connectivity index (χ0) is 32.8. The minimum atomic E-state index is -1.09. The van der Waals surface area contributed by atoms with Gasteiger partial charge in [-0.3, -0.25) is 9.59 Å². The Bertz CT molecular complexity index is 1950. The summed E-state index contributed by atoms with van der Waals surface area (Å²) >= 11 is 5.97. The van der Waals surface area contributed by atoms with Crippen LogP contribution in [0.25, 0.3) is 0 Å². The average molecular weight is 658 g/mol. The van der Waals surface area contributed by atoms with Gasteiger partial charge >= 0.3 is 5.97 Å². The van der Waals surface area contributed by atoms with Crippen molar-refractivity contribution in [1.29, 1.82) is 0 Å². The van der Waals surface area contributed by atoms with E-state index < -0.39 is 35.7 Å². The number of benzene rings is 3. The van der Waals surface area contributed by atoms with Crippen molar-refractivity contribution in [3.63, 3.8) is 0 Å². The van der Waals surface area contributed by atoms with Crippen molar-refractivity contribution in [3.8, 4) is 0 Å². The number of hydrogen-bond acceptors (Lipinski definition) is 8. The van der Waals surface area contributed by atoms with Crippen LogP contribution in [0.5, 0.6) is 0 Å². The number of aryl methyl sites for hydroxylation is 1. The van der Waals surface area contributed by atoms with Crippen molar-refractivity contribution < 1.29 is 28.7 Å². The molecule has 240 valence electrons. The first kappa shape index (κ1) is 30.4. The lowest BCUT2D eigenvalue weighted by molar-refractivity contribution is -0.148. The van der Waals surface area contributed by atoms with Crippen molar-refractivity contribution >= 4 is 46.5 Å². The van der Waals surface area contributed by atoms with Gasteiger partial charge in [0, 0.05) is 43.0 Å². The van der Waals surface area contributed by atoms with Gasteiger partial charge in [-0.05, 0) is 66.9 Å². The summed E-state index contributed by atoms with van der Waals surface area (Å²) in [5, 5.41) is 24.6. The third-order valence-corrected chi connectivity index (χ3v) is 9.10. The first-order valence-electron chi connectivity index (χ1n) is 15.1. The van der Waals surface area contributed by atoms with E-state index >= 15 is 0 Å². The molecular weight excluding hydrogens is 629 g/mol. The second-order valence-electron chi connectivity index (χ2n) is 11.6. The van der Waals surface area contributed by atoms with Gasteiger partial charge in [-0.1, -0.05) is 35.0 Å². The SMILES string of the molecule is Cc1nnc2n1CCN(c1cccc3c1CCN(C(=O)[C@H]1CC(c4cccc(Cl)c4F)=NO1)[C@@H]3C(=O)Nc1ccc(C(=O)O)cc1)C2. The van der Waals surface area contributed by atoms with Crippen molar-refractivity contribution in [2.75, 3.05) is 23.3 Å². The Kier molecular flexibility index (Phi) is 7.84. The van der Waals surface area contributed by atoms with Crippen LogP contribution in [0.15, 0.2) is 65.8 Å². The summed E-state index contributed by atoms with van der Waals surface area (Å²) in [6, 6.07) is 15.0. The van der Waals surface area contributed by atoms with Crippen LogP contribution in [0.2, 0.25) is 5.02 Å². The minimum Gasteiger partial charge on any atom is -0.478 e. The third kappa shape index (κ3) is 5.56. The number of oxime groups is 1. The fourth-order valence-corrected chi connectivity index (χ4v) is 6.64. The van der Waals surface area contributed by atoms with Crippen LogP contribution >= 0.6 is 11.6 Å². The monoisotopic (exact) mass is 657 g/mol. The molecule has 2 atom stereocenters. The number of halogens is 2. The van der Waals surface area contributed by atoms with Crippen LogP contribution in [0, 0.1) is 12.7 Å². The maximum Gasteiger partial charge on any atom is 0.335 e. The minimum absolute atomic E-state index is 0.00163. The van der Waals surface area contributed by atoms with Crippen molar-refractivity contribution in [3.05, 3.63) is 105 Å². The largest absolute Gasteiger partial charge is 0.478 e. The van der Waals surface area contributed by atoms with Gasteiger partial charge < -0.3 is 29.6 Å². The van der Waals surface area contributed by atoms with Gasteiger partial charge in [0.15, 0.2) is 11.6 Å². The molecule has 0 fully saturated rings. The Morgan fingerprint density at radius 2 is 1.81 bits per heavy atom. The fourth-order valence-electron chi connectivity index (χ4n) is 6.46. The van der Waals surface area contributed by atoms with E-state index in [9.17, 15) is 23.9 Å². The summed E-state index contributed by atoms with van der Waals surface area (Å²) in [4.78, 5) is 48.8. The number of aromatic nitrogens is 3. The highest BCUT2D eigenvalue weighted by molar-refractivity contribution is 6.31. The van der Waals surface area contributed by atoms with E-state index in [0.29, 0.717) is 37.3 Å². The molecule has 0 saturated heterocycles. The second kappa shape index (κ2) is 12.1. The van der Waals surface area contributed by atoms with Crippen LogP contribution in [-0.4, -0.2) is 67.5 Å². The van der Waals surface area contributed by atoms with E-state index in [0.717, 1.165) is 22.9 Å². The van der Waals surface area contributed by atoms with E-state index in [1.807, 2.05) is 25.1 Å². The molecule has 1 aromatic heterocycles. The molecule has 4 heterocycles. The van der Waals surface area contributed by atoms with Crippen LogP contribution in [0.4, 0.5) is 15.8 Å². The zero-order valence-corrected chi connectivity index (χ0v) is 25.9. The van der Waals surface area contributed by atoms with Gasteiger partial charge in [-0.25, -0.2) is 9.18 Å². The summed E-state index contributed by atoms with van der Waals surface area (Å²) in [6.45, 7) is 4.11. The van der Waals surface area contributed by atoms with Gasteiger partial charge in [0.25, 0.3) is 11.8 Å². The van der Waals surface area contributed by atoms with Crippen LogP contribution in [0.1, 0.15) is 51.2 Å². The first-order valence-corrected chi connectivity index (χ1v) is 15.4. The molecule has 0 bridgehead atoms. The molecule has 0 spiro atoms. The fraction of sp³-hybridized carbons (Fsp3) is 0.273. The number of carbonyl (C=O) groups excluding carboxylic acids is 2. The molecule has 3 aliphatic rings. The van der Waals surface area contributed by atoms with Gasteiger partial charge in [0.2, 0.25) is 6.10 Å². The van der Waals surface area contributed by atoms with Crippen molar-refractivity contribution in [1.82, 2.24) is 19.7 Å². The molecule has 4 aromatic rings. The standard InChI is InChI=1S/C33H29ClFN7O5/c1-18-37-38-28-17-40(14-15-41(18)28)26-7-3-4-22-21(26)12-13-42(30(22)31(43)36-20-10-8-19(9-11-20)33(45)46)32(44)27-16-25(39-47-27)23-5-2-6-24(34)29(23)35/h2-11,27,30H,12-17H2,1H3,(H,36,43)(H,45,46)/t27-,30+/m1/s1. The second-order valence-corrected chi connectivity index (χ2v) is 12.0. The normalized spacial score (nSPS) is 18.6. The number of rotatable bonds is 6. The number of carboxylic acids is 1. The Morgan fingerprint density at radius 3 is 2.60 bits per heavy atom. The van der Waals surface area contributed by atoms with Gasteiger partial charge in [0.1, 0.15) is 11.9 Å². The summed E-state index contributed by atoms with van der Waals surface area (Å²) < 4.78 is 16.8. The predicted octanol–water partition coefficient (Wildman–Crippen LogP) is 4.36. The lowest BCUT2D eigenvalue weighted by Gasteiger charge is -2.40. The van der Waals surface area contributed by atoms with Gasteiger partial charge in [-0.15, -0.1) is 10.2 Å². The van der Waals surface area contributed by atoms with Gasteiger partial charge in [0.05, 0.1) is 22.8 Å². The summed E-state index contributed by atoms with van der Waals surface area (Å²) in [7, 11) is 0. The number of aromatic carboxylic acids is 1. The Morgan fingerprint density at radius 1 is 1.02 bits per heavy atom. The summed E-state index contributed by atoms with van der Waals surface area (Å²) in [6.07, 6.45) is -0.604. The topological polar surface area (TPSA) is 142 Å². The van der Waals surface area contributed by atoms with E-state index in [2.05, 4.69) is 30.1 Å². The number of nitrogens with one attached hydrogen (secondary N) is 1. The highest BCUT2D eigenvalue weighted by Crippen LogP contribution is 2.38. The zero-order valence-electron chi connectivity index (χ0n) is 25.2. The lowest BCUT2D eigenvalue weighted by Crippen LogP contribution is -2.49. The van der Waals surface area contributed by atoms with E-state index in [1.54, 1.807) is 6.07 Å². The number of hydrogen-bond donors (Lipinski definition) is 2. The molecule has 3 aliphatic heterocycles. The van der Waals surface area contributed by atoms with Crippen molar-refractivity contribution in [2.24, 2.45) is 5.16 Å². The van der Waals surface area contributed by atoms with Crippen LogP contribution in [-0.2, 0) is 33.9 Å². The molecule has 0 unspecified atom stereocenters. The summed E-state index contributed by atoms with van der Waals surface area (Å²) in [5.74, 6) is -0.977. The highest BCUT2D eigenvalue weighted by Gasteiger charge is 2.42. The van der Waals surface area contributed by atoms with Crippen molar-refractivity contribution in [2.45, 2.75) is 45.0 Å². The van der Waals surface area contributed by atoms with Crippen LogP contribution < -0.4 is 10.2 Å². The smallest absolute Gasteiger partial charge is 0.335 e. The Hall–Kier alpha value is -5.30. The predicted molar refractivity (Wildman–Crippen MR) is 170 cm³/mol. The molecule has 2 N–H and O–H groups in total. The molecule has 47 heavy (non-hydrogen) atoms. The van der Waals surface area contributed by atoms with E-state index in [-0.39, 0.29) is 34.8 Å². The number of carbonyl (C=O) groups is 3. The molecule has 0 radical (unpaired) electrons. The van der Waals surface area contributed by atoms with Gasteiger partial charge in [-0.2, -0.15) is 0 Å². The highest BCUT2D eigenvalue weighted by atomic mass is 35.5. The van der Waals surface area contributed by atoms with E-state index in [1.165, 1.54) is 41.3 Å². The first-order chi connectivity index (χ1) is 22.7. The third-order valence-electron chi connectivity index (χ3n) is 8.81. The maximum absolute atomic E-state index is 14.8. The molecule has 14 heteroatoms. The molecular formula is C33H29ClFN7O5. The summed E-state index contributed by atoms with van der Waals surface area (Å²) in [5.41, 5.74) is 3.39. The number of nitrogens with zero attached hydrogens (tertiary/aromatic N) is 6. The number of anilines is 2. The van der Waals surface area contributed by atoms with Crippen LogP contribution in [0.3, 0.4) is 0 Å². The molecule has 3 aromatic carbocycles. The van der Waals surface area contributed by atoms with E-state index in [4.69, 9.17) is 16.4 Å². The molecule has 7 rings (SSSR count). The molecule has 12 nitrogen and oxygen atoms in total. The number of carboxylic acid groups (broad SMARTS) is 1. The molecule has 2 amide bonds. The number of amides is 2. The lowest BCUT2D eigenvalue weighted by atomic mass is 9.89. The average Bonchev–Trinajstić information content (AvgIpc) is 3.72. The molecule has 0 aliphatic carbocycles. The Labute approximate surface area is 273 Å². The Balaban J connectivity index is 1.20.